The molecule has 0 aliphatic carbocycles. The van der Waals surface area contributed by atoms with Crippen LogP contribution in [0.15, 0.2) is 91.5 Å². The lowest BCUT2D eigenvalue weighted by atomic mass is 10.0. The van der Waals surface area contributed by atoms with Gasteiger partial charge in [-0.2, -0.15) is 13.2 Å². The summed E-state index contributed by atoms with van der Waals surface area (Å²) in [5.74, 6) is -0.499. The van der Waals surface area contributed by atoms with E-state index in [1.165, 1.54) is 19.1 Å². The van der Waals surface area contributed by atoms with Gasteiger partial charge in [0.05, 0.1) is 5.56 Å². The Kier molecular flexibility index (Phi) is 8.64. The van der Waals surface area contributed by atoms with E-state index >= 15 is 0 Å². The molecule has 0 N–H and O–H groups in total. The average Bonchev–Trinajstić information content (AvgIpc) is 2.87. The summed E-state index contributed by atoms with van der Waals surface area (Å²) in [6, 6.07) is 16.9. The number of benzene rings is 3. The molecule has 0 atom stereocenters. The first-order valence-corrected chi connectivity index (χ1v) is 11.0. The van der Waals surface area contributed by atoms with E-state index in [9.17, 15) is 22.8 Å². The van der Waals surface area contributed by atoms with Crippen molar-refractivity contribution in [1.29, 1.82) is 0 Å². The first kappa shape index (κ1) is 26.9. The maximum Gasteiger partial charge on any atom is 0.417 e. The van der Waals surface area contributed by atoms with Gasteiger partial charge in [0.25, 0.3) is 0 Å². The lowest BCUT2D eigenvalue weighted by Gasteiger charge is -2.11. The van der Waals surface area contributed by atoms with Gasteiger partial charge in [-0.25, -0.2) is 9.59 Å². The van der Waals surface area contributed by atoms with Crippen LogP contribution in [0.25, 0.3) is 24.3 Å². The molecule has 0 bridgehead atoms. The molecule has 0 heterocycles. The highest BCUT2D eigenvalue weighted by molar-refractivity contribution is 5.88. The molecule has 0 radical (unpaired) electrons. The summed E-state index contributed by atoms with van der Waals surface area (Å²) in [5.41, 5.74) is 1.21. The van der Waals surface area contributed by atoms with Gasteiger partial charge >= 0.3 is 18.1 Å². The Bertz CT molecular complexity index is 1360. The normalized spacial score (nSPS) is 11.5. The third-order valence-corrected chi connectivity index (χ3v) is 5.01. The highest BCUT2D eigenvalue weighted by Gasteiger charge is 2.32. The third-order valence-electron chi connectivity index (χ3n) is 5.01. The number of carbonyl (C=O) groups excluding carboxylic acids is 2. The van der Waals surface area contributed by atoms with Crippen LogP contribution in [0, 0.1) is 0 Å². The molecule has 7 heteroatoms. The highest BCUT2D eigenvalue weighted by atomic mass is 19.4. The monoisotopic (exact) mass is 504 g/mol. The van der Waals surface area contributed by atoms with Crippen LogP contribution in [0.1, 0.15) is 34.7 Å². The minimum Gasteiger partial charge on any atom is -0.423 e. The maximum atomic E-state index is 13.8. The van der Waals surface area contributed by atoms with Gasteiger partial charge in [0.1, 0.15) is 11.5 Å². The lowest BCUT2D eigenvalue weighted by molar-refractivity contribution is -0.137. The van der Waals surface area contributed by atoms with Crippen LogP contribution in [-0.4, -0.2) is 11.9 Å². The van der Waals surface area contributed by atoms with Gasteiger partial charge < -0.3 is 9.47 Å². The van der Waals surface area contributed by atoms with E-state index in [0.29, 0.717) is 28.2 Å². The van der Waals surface area contributed by atoms with Crippen LogP contribution in [0.3, 0.4) is 0 Å². The second-order valence-corrected chi connectivity index (χ2v) is 7.94. The molecule has 0 saturated heterocycles. The molecule has 0 aromatic heterocycles. The molecule has 0 amide bonds. The number of rotatable bonds is 8. The third kappa shape index (κ3) is 7.93. The maximum absolute atomic E-state index is 13.8. The topological polar surface area (TPSA) is 52.6 Å². The van der Waals surface area contributed by atoms with E-state index in [1.54, 1.807) is 72.8 Å². The van der Waals surface area contributed by atoms with E-state index in [1.807, 2.05) is 0 Å². The molecule has 0 aliphatic rings. The number of carbonyl (C=O) groups is 2. The fourth-order valence-corrected chi connectivity index (χ4v) is 3.09. The SMILES string of the molecule is C=CC(=O)Oc1ccc(/C=C/c2ccc(/C=C/c3ccc(OC(=O)C(=C)C)cc3)c(C(F)(F)F)c2)cc1. The molecule has 37 heavy (non-hydrogen) atoms. The van der Waals surface area contributed by atoms with Crippen LogP contribution in [0.2, 0.25) is 0 Å². The second-order valence-electron chi connectivity index (χ2n) is 7.94. The summed E-state index contributed by atoms with van der Waals surface area (Å²) in [5, 5.41) is 0. The van der Waals surface area contributed by atoms with E-state index in [4.69, 9.17) is 9.47 Å². The van der Waals surface area contributed by atoms with Crippen molar-refractivity contribution in [2.45, 2.75) is 13.1 Å². The van der Waals surface area contributed by atoms with Gasteiger partial charge in [-0.1, -0.05) is 73.9 Å². The second kappa shape index (κ2) is 11.9. The first-order chi connectivity index (χ1) is 17.5. The van der Waals surface area contributed by atoms with E-state index in [0.717, 1.165) is 12.1 Å². The van der Waals surface area contributed by atoms with Crippen LogP contribution in [0.5, 0.6) is 11.5 Å². The van der Waals surface area contributed by atoms with Crippen molar-refractivity contribution < 1.29 is 32.2 Å². The molecule has 4 nitrogen and oxygen atoms in total. The standard InChI is InChI=1S/C30H23F3O4/c1-4-28(34)36-25-15-9-21(10-16-25)5-6-23-8-14-24(27(19-23)30(31,32)33)13-7-22-11-17-26(18-12-22)37-29(35)20(2)3/h4-19H,1-2H2,3H3/b6-5+,13-7+. The predicted molar refractivity (Wildman–Crippen MR) is 138 cm³/mol. The number of hydrogen-bond acceptors (Lipinski definition) is 4. The largest absolute Gasteiger partial charge is 0.423 e. The van der Waals surface area contributed by atoms with Gasteiger partial charge in [0.2, 0.25) is 0 Å². The Hall–Kier alpha value is -4.65. The molecule has 0 aliphatic heterocycles. The summed E-state index contributed by atoms with van der Waals surface area (Å²) in [6.07, 6.45) is 2.65. The van der Waals surface area contributed by atoms with Crippen molar-refractivity contribution in [1.82, 2.24) is 0 Å². The predicted octanol–water partition coefficient (Wildman–Crippen LogP) is 7.62. The number of esters is 2. The Morgan fingerprint density at radius 2 is 1.24 bits per heavy atom. The van der Waals surface area contributed by atoms with E-state index < -0.39 is 23.7 Å². The van der Waals surface area contributed by atoms with Crippen molar-refractivity contribution in [3.63, 3.8) is 0 Å². The molecule has 3 aromatic carbocycles. The number of halogens is 3. The lowest BCUT2D eigenvalue weighted by Crippen LogP contribution is -2.08. The van der Waals surface area contributed by atoms with Crippen molar-refractivity contribution >= 4 is 36.2 Å². The van der Waals surface area contributed by atoms with Crippen molar-refractivity contribution in [3.8, 4) is 11.5 Å². The van der Waals surface area contributed by atoms with Gasteiger partial charge in [-0.05, 0) is 59.5 Å². The molecule has 0 fully saturated rings. The summed E-state index contributed by atoms with van der Waals surface area (Å²) in [6.45, 7) is 8.36. The molecular weight excluding hydrogens is 481 g/mol. The number of hydrogen-bond donors (Lipinski definition) is 0. The van der Waals surface area contributed by atoms with Crippen LogP contribution >= 0.6 is 0 Å². The Labute approximate surface area is 212 Å². The van der Waals surface area contributed by atoms with Gasteiger partial charge in [-0.15, -0.1) is 0 Å². The molecule has 0 spiro atoms. The van der Waals surface area contributed by atoms with Crippen molar-refractivity contribution in [3.05, 3.63) is 119 Å². The highest BCUT2D eigenvalue weighted by Crippen LogP contribution is 2.34. The minimum atomic E-state index is -4.55. The van der Waals surface area contributed by atoms with Crippen LogP contribution in [-0.2, 0) is 15.8 Å². The molecule has 3 aromatic rings. The van der Waals surface area contributed by atoms with Gasteiger partial charge in [-0.3, -0.25) is 0 Å². The first-order valence-electron chi connectivity index (χ1n) is 11.0. The summed E-state index contributed by atoms with van der Waals surface area (Å²) in [4.78, 5) is 22.8. The Morgan fingerprint density at radius 3 is 1.76 bits per heavy atom. The zero-order chi connectivity index (χ0) is 27.0. The summed E-state index contributed by atoms with van der Waals surface area (Å²) < 4.78 is 51.4. The van der Waals surface area contributed by atoms with Crippen molar-refractivity contribution in [2.24, 2.45) is 0 Å². The smallest absolute Gasteiger partial charge is 0.417 e. The summed E-state index contributed by atoms with van der Waals surface area (Å²) in [7, 11) is 0. The quantitative estimate of drug-likeness (QED) is 0.137. The van der Waals surface area contributed by atoms with E-state index in [2.05, 4.69) is 13.2 Å². The fourth-order valence-electron chi connectivity index (χ4n) is 3.09. The minimum absolute atomic E-state index is 0.0100. The Morgan fingerprint density at radius 1 is 0.757 bits per heavy atom. The van der Waals surface area contributed by atoms with Gasteiger partial charge in [0.15, 0.2) is 0 Å². The number of ether oxygens (including phenoxy) is 2. The van der Waals surface area contributed by atoms with Crippen LogP contribution < -0.4 is 9.47 Å². The number of alkyl halides is 3. The zero-order valence-corrected chi connectivity index (χ0v) is 19.9. The zero-order valence-electron chi connectivity index (χ0n) is 19.9. The van der Waals surface area contributed by atoms with Gasteiger partial charge in [0, 0.05) is 11.6 Å². The fraction of sp³-hybridized carbons (Fsp3) is 0.0667. The molecule has 3 rings (SSSR count). The average molecular weight is 505 g/mol. The van der Waals surface area contributed by atoms with Crippen LogP contribution in [0.4, 0.5) is 13.2 Å². The molecular formula is C30H23F3O4. The van der Waals surface area contributed by atoms with Crippen molar-refractivity contribution in [2.75, 3.05) is 0 Å². The van der Waals surface area contributed by atoms with E-state index in [-0.39, 0.29) is 11.1 Å². The molecule has 0 unspecified atom stereocenters. The Balaban J connectivity index is 1.76. The molecule has 188 valence electrons. The summed E-state index contributed by atoms with van der Waals surface area (Å²) >= 11 is 0. The molecule has 0 saturated carbocycles.